The number of thiazole rings is 1. The summed E-state index contributed by atoms with van der Waals surface area (Å²) in [5.74, 6) is 0.813. The van der Waals surface area contributed by atoms with Gasteiger partial charge in [-0.25, -0.2) is 19.7 Å². The molecule has 3 aromatic rings. The van der Waals surface area contributed by atoms with Crippen molar-refractivity contribution in [3.63, 3.8) is 0 Å². The molecule has 3 rings (SSSR count). The molecule has 9 heteroatoms. The second-order valence-electron chi connectivity index (χ2n) is 4.59. The lowest BCUT2D eigenvalue weighted by Gasteiger charge is -2.07. The first-order valence-corrected chi connectivity index (χ1v) is 8.05. The summed E-state index contributed by atoms with van der Waals surface area (Å²) < 4.78 is 5.28. The Balaban J connectivity index is 1.71. The Morgan fingerprint density at radius 3 is 2.88 bits per heavy atom. The fraction of sp³-hybridized carbons (Fsp3) is 0.0667. The largest absolute Gasteiger partial charge is 0.418 e. The summed E-state index contributed by atoms with van der Waals surface area (Å²) in [5, 5.41) is 7.27. The van der Waals surface area contributed by atoms with Gasteiger partial charge in [-0.2, -0.15) is 0 Å². The summed E-state index contributed by atoms with van der Waals surface area (Å²) in [4.78, 5) is 24.3. The van der Waals surface area contributed by atoms with Gasteiger partial charge in [-0.3, -0.25) is 5.32 Å². The van der Waals surface area contributed by atoms with Gasteiger partial charge in [-0.15, -0.1) is 0 Å². The molecule has 0 unspecified atom stereocenters. The lowest BCUT2D eigenvalue weighted by Crippen LogP contribution is -2.17. The van der Waals surface area contributed by atoms with E-state index in [1.165, 1.54) is 23.6 Å². The molecule has 0 saturated carbocycles. The van der Waals surface area contributed by atoms with Crippen molar-refractivity contribution in [1.82, 2.24) is 15.0 Å². The highest BCUT2D eigenvalue weighted by molar-refractivity contribution is 7.16. The predicted molar refractivity (Wildman–Crippen MR) is 93.3 cm³/mol. The molecule has 0 aliphatic carbocycles. The Labute approximate surface area is 146 Å². The number of aryl methyl sites for hydroxylation is 1. The highest BCUT2D eigenvalue weighted by atomic mass is 35.5. The van der Waals surface area contributed by atoms with Gasteiger partial charge < -0.3 is 10.1 Å². The molecule has 0 aliphatic rings. The molecule has 0 aliphatic heterocycles. The van der Waals surface area contributed by atoms with Crippen molar-refractivity contribution in [2.75, 3.05) is 10.6 Å². The minimum atomic E-state index is -0.674. The van der Waals surface area contributed by atoms with Gasteiger partial charge in [0.05, 0.1) is 5.01 Å². The number of rotatable bonds is 4. The fourth-order valence-corrected chi connectivity index (χ4v) is 2.75. The molecule has 24 heavy (non-hydrogen) atoms. The van der Waals surface area contributed by atoms with E-state index in [9.17, 15) is 4.79 Å². The summed E-state index contributed by atoms with van der Waals surface area (Å²) in [5.41, 5.74) is 0.478. The van der Waals surface area contributed by atoms with E-state index >= 15 is 0 Å². The Morgan fingerprint density at radius 1 is 1.25 bits per heavy atom. The molecule has 1 amide bonds. The number of halogens is 1. The third-order valence-electron chi connectivity index (χ3n) is 2.77. The number of ether oxygens (including phenoxy) is 1. The fourth-order valence-electron chi connectivity index (χ4n) is 1.82. The van der Waals surface area contributed by atoms with Crippen LogP contribution in [0.15, 0.2) is 42.7 Å². The van der Waals surface area contributed by atoms with Gasteiger partial charge >= 0.3 is 6.09 Å². The van der Waals surface area contributed by atoms with Gasteiger partial charge in [0.2, 0.25) is 0 Å². The molecule has 3 aromatic heterocycles. The summed E-state index contributed by atoms with van der Waals surface area (Å²) in [6, 6.07) is 8.59. The molecule has 0 saturated heterocycles. The molecule has 0 aromatic carbocycles. The maximum absolute atomic E-state index is 12.0. The number of aromatic nitrogens is 3. The van der Waals surface area contributed by atoms with E-state index in [2.05, 4.69) is 25.6 Å². The van der Waals surface area contributed by atoms with E-state index < -0.39 is 6.09 Å². The number of carbonyl (C=O) groups excluding carboxylic acids is 1. The average molecular weight is 362 g/mol. The number of nitrogens with one attached hydrogen (secondary N) is 2. The Bertz CT molecular complexity index is 856. The topological polar surface area (TPSA) is 89.0 Å². The van der Waals surface area contributed by atoms with E-state index in [0.29, 0.717) is 16.5 Å². The van der Waals surface area contributed by atoms with Crippen molar-refractivity contribution in [1.29, 1.82) is 0 Å². The van der Waals surface area contributed by atoms with Crippen molar-refractivity contribution < 1.29 is 9.53 Å². The smallest absolute Gasteiger partial charge is 0.388 e. The lowest BCUT2D eigenvalue weighted by atomic mass is 10.4. The number of amides is 1. The van der Waals surface area contributed by atoms with Gasteiger partial charge in [-0.1, -0.05) is 29.0 Å². The molecule has 0 atom stereocenters. The van der Waals surface area contributed by atoms with Crippen LogP contribution in [-0.4, -0.2) is 21.0 Å². The van der Waals surface area contributed by atoms with Crippen LogP contribution in [0.1, 0.15) is 5.01 Å². The van der Waals surface area contributed by atoms with Crippen molar-refractivity contribution in [3.05, 3.63) is 52.9 Å². The zero-order valence-electron chi connectivity index (χ0n) is 12.5. The van der Waals surface area contributed by atoms with Crippen LogP contribution in [0.3, 0.4) is 0 Å². The first-order chi connectivity index (χ1) is 11.6. The van der Waals surface area contributed by atoms with Crippen LogP contribution < -0.4 is 15.4 Å². The van der Waals surface area contributed by atoms with Crippen LogP contribution in [0.2, 0.25) is 5.15 Å². The van der Waals surface area contributed by atoms with Crippen LogP contribution in [0.4, 0.5) is 21.3 Å². The average Bonchev–Trinajstić information content (AvgIpc) is 2.87. The Morgan fingerprint density at radius 2 is 2.12 bits per heavy atom. The normalized spacial score (nSPS) is 10.2. The number of hydrogen-bond acceptors (Lipinski definition) is 7. The quantitative estimate of drug-likeness (QED) is 0.675. The second-order valence-corrected chi connectivity index (χ2v) is 6.18. The maximum Gasteiger partial charge on any atom is 0.418 e. The molecule has 0 fully saturated rings. The molecule has 0 spiro atoms. The standard InChI is InChI=1S/C15H12ClN5O2S/c1-9-19-13(14(24-9)21-12-4-2-3-6-18-12)23-15(22)20-10-5-7-17-11(16)8-10/h2-8H,1H3,(H,18,21)(H,17,20,22). The van der Waals surface area contributed by atoms with Crippen molar-refractivity contribution in [2.45, 2.75) is 6.92 Å². The zero-order valence-corrected chi connectivity index (χ0v) is 14.1. The van der Waals surface area contributed by atoms with Gasteiger partial charge in [0.25, 0.3) is 5.88 Å². The highest BCUT2D eigenvalue weighted by Crippen LogP contribution is 2.33. The monoisotopic (exact) mass is 361 g/mol. The minimum Gasteiger partial charge on any atom is -0.388 e. The Hall–Kier alpha value is -2.71. The lowest BCUT2D eigenvalue weighted by molar-refractivity contribution is 0.214. The molecular weight excluding hydrogens is 350 g/mol. The summed E-state index contributed by atoms with van der Waals surface area (Å²) in [6.45, 7) is 1.82. The molecule has 0 bridgehead atoms. The van der Waals surface area contributed by atoms with Gasteiger partial charge in [0.15, 0.2) is 5.00 Å². The van der Waals surface area contributed by atoms with Gasteiger partial charge in [0, 0.05) is 18.1 Å². The molecule has 0 radical (unpaired) electrons. The van der Waals surface area contributed by atoms with Crippen LogP contribution in [0.5, 0.6) is 5.88 Å². The van der Waals surface area contributed by atoms with Gasteiger partial charge in [-0.05, 0) is 31.2 Å². The summed E-state index contributed by atoms with van der Waals surface area (Å²) >= 11 is 7.14. The SMILES string of the molecule is Cc1nc(OC(=O)Nc2ccnc(Cl)c2)c(Nc2ccccn2)s1. The third-order valence-corrected chi connectivity index (χ3v) is 3.85. The molecule has 122 valence electrons. The number of hydrogen-bond donors (Lipinski definition) is 2. The maximum atomic E-state index is 12.0. The second kappa shape index (κ2) is 7.24. The van der Waals surface area contributed by atoms with E-state index in [0.717, 1.165) is 5.01 Å². The van der Waals surface area contributed by atoms with E-state index in [1.54, 1.807) is 18.3 Å². The van der Waals surface area contributed by atoms with E-state index in [4.69, 9.17) is 16.3 Å². The number of carbonyl (C=O) groups is 1. The zero-order chi connectivity index (χ0) is 16.9. The Kier molecular flexibility index (Phi) is 4.88. The molecule has 3 heterocycles. The van der Waals surface area contributed by atoms with Crippen LogP contribution >= 0.6 is 22.9 Å². The summed E-state index contributed by atoms with van der Waals surface area (Å²) in [7, 11) is 0. The number of nitrogens with zero attached hydrogens (tertiary/aromatic N) is 3. The third kappa shape index (κ3) is 4.18. The minimum absolute atomic E-state index is 0.181. The van der Waals surface area contributed by atoms with Crippen LogP contribution in [0.25, 0.3) is 0 Å². The molecule has 2 N–H and O–H groups in total. The van der Waals surface area contributed by atoms with Crippen LogP contribution in [-0.2, 0) is 0 Å². The number of pyridine rings is 2. The first kappa shape index (κ1) is 16.2. The molecule has 7 nitrogen and oxygen atoms in total. The molecular formula is C15H12ClN5O2S. The first-order valence-electron chi connectivity index (χ1n) is 6.86. The van der Waals surface area contributed by atoms with E-state index in [-0.39, 0.29) is 11.0 Å². The van der Waals surface area contributed by atoms with Gasteiger partial charge in [0.1, 0.15) is 11.0 Å². The van der Waals surface area contributed by atoms with E-state index in [1.807, 2.05) is 19.1 Å². The predicted octanol–water partition coefficient (Wildman–Crippen LogP) is 4.25. The van der Waals surface area contributed by atoms with Crippen molar-refractivity contribution in [3.8, 4) is 5.88 Å². The number of anilines is 3. The highest BCUT2D eigenvalue weighted by Gasteiger charge is 2.15. The van der Waals surface area contributed by atoms with Crippen molar-refractivity contribution in [2.24, 2.45) is 0 Å². The summed E-state index contributed by atoms with van der Waals surface area (Å²) in [6.07, 6.45) is 2.47. The van der Waals surface area contributed by atoms with Crippen molar-refractivity contribution >= 4 is 45.5 Å². The van der Waals surface area contributed by atoms with Crippen LogP contribution in [0, 0.1) is 6.92 Å².